The second-order valence-corrected chi connectivity index (χ2v) is 4.77. The number of aliphatic carboxylic acids is 1. The van der Waals surface area contributed by atoms with Crippen LogP contribution in [0.1, 0.15) is 12.0 Å². The summed E-state index contributed by atoms with van der Waals surface area (Å²) in [5.41, 5.74) is 0.739. The number of halogens is 1. The average Bonchev–Trinajstić information content (AvgIpc) is 2.72. The molecule has 1 aromatic carbocycles. The molecule has 4 nitrogen and oxygen atoms in total. The van der Waals surface area contributed by atoms with E-state index in [1.165, 1.54) is 0 Å². The zero-order valence-corrected chi connectivity index (χ0v) is 10.0. The molecule has 0 saturated carbocycles. The zero-order chi connectivity index (χ0) is 12.4. The van der Waals surface area contributed by atoms with Crippen LogP contribution in [0.5, 0.6) is 5.75 Å². The molecule has 0 amide bonds. The monoisotopic (exact) mass is 255 g/mol. The van der Waals surface area contributed by atoms with Crippen LogP contribution in [-0.4, -0.2) is 34.2 Å². The minimum atomic E-state index is -0.747. The van der Waals surface area contributed by atoms with E-state index in [4.69, 9.17) is 16.7 Å². The van der Waals surface area contributed by atoms with Crippen LogP contribution in [0.25, 0.3) is 0 Å². The van der Waals surface area contributed by atoms with Crippen LogP contribution in [0, 0.1) is 5.92 Å². The average molecular weight is 256 g/mol. The number of carbonyl (C=O) groups is 1. The SMILES string of the molecule is O=C(O)[C@H]1CCN(Cc2cc(Cl)ccc2O)C1. The van der Waals surface area contributed by atoms with Crippen molar-refractivity contribution in [3.8, 4) is 5.75 Å². The number of aromatic hydroxyl groups is 1. The first-order chi connectivity index (χ1) is 8.06. The molecule has 1 heterocycles. The Hall–Kier alpha value is -1.26. The van der Waals surface area contributed by atoms with Crippen LogP contribution < -0.4 is 0 Å². The summed E-state index contributed by atoms with van der Waals surface area (Å²) in [5, 5.41) is 19.1. The molecule has 5 heteroatoms. The molecule has 0 radical (unpaired) electrons. The van der Waals surface area contributed by atoms with Gasteiger partial charge in [0.25, 0.3) is 0 Å². The van der Waals surface area contributed by atoms with Gasteiger partial charge in [-0.15, -0.1) is 0 Å². The highest BCUT2D eigenvalue weighted by molar-refractivity contribution is 6.30. The number of nitrogens with zero attached hydrogens (tertiary/aromatic N) is 1. The van der Waals surface area contributed by atoms with Gasteiger partial charge in [-0.1, -0.05) is 11.6 Å². The Kier molecular flexibility index (Phi) is 3.54. The molecule has 0 aromatic heterocycles. The van der Waals surface area contributed by atoms with Gasteiger partial charge in [-0.25, -0.2) is 0 Å². The minimum absolute atomic E-state index is 0.202. The van der Waals surface area contributed by atoms with E-state index in [1.807, 2.05) is 4.90 Å². The molecule has 1 saturated heterocycles. The highest BCUT2D eigenvalue weighted by Gasteiger charge is 2.28. The highest BCUT2D eigenvalue weighted by atomic mass is 35.5. The lowest BCUT2D eigenvalue weighted by molar-refractivity contribution is -0.141. The third-order valence-corrected chi connectivity index (χ3v) is 3.29. The van der Waals surface area contributed by atoms with Gasteiger partial charge in [-0.2, -0.15) is 0 Å². The van der Waals surface area contributed by atoms with Crippen molar-refractivity contribution in [3.63, 3.8) is 0 Å². The molecular formula is C12H14ClNO3. The summed E-state index contributed by atoms with van der Waals surface area (Å²) in [6.07, 6.45) is 0.663. The van der Waals surface area contributed by atoms with E-state index in [0.717, 1.165) is 12.1 Å². The number of carboxylic acids is 1. The molecule has 17 heavy (non-hydrogen) atoms. The number of carboxylic acid groups (broad SMARTS) is 1. The fourth-order valence-electron chi connectivity index (χ4n) is 2.10. The number of hydrogen-bond donors (Lipinski definition) is 2. The van der Waals surface area contributed by atoms with E-state index >= 15 is 0 Å². The van der Waals surface area contributed by atoms with Crippen molar-refractivity contribution in [2.75, 3.05) is 13.1 Å². The summed E-state index contributed by atoms with van der Waals surface area (Å²) >= 11 is 5.86. The number of rotatable bonds is 3. The van der Waals surface area contributed by atoms with Crippen LogP contribution in [0.2, 0.25) is 5.02 Å². The van der Waals surface area contributed by atoms with Crippen molar-refractivity contribution in [1.82, 2.24) is 4.90 Å². The van der Waals surface area contributed by atoms with Gasteiger partial charge < -0.3 is 10.2 Å². The van der Waals surface area contributed by atoms with E-state index in [1.54, 1.807) is 18.2 Å². The highest BCUT2D eigenvalue weighted by Crippen LogP contribution is 2.25. The predicted octanol–water partition coefficient (Wildman–Crippen LogP) is 1.95. The van der Waals surface area contributed by atoms with Gasteiger partial charge >= 0.3 is 5.97 Å². The lowest BCUT2D eigenvalue weighted by Gasteiger charge is -2.16. The lowest BCUT2D eigenvalue weighted by Crippen LogP contribution is -2.22. The smallest absolute Gasteiger partial charge is 0.307 e. The van der Waals surface area contributed by atoms with Crippen LogP contribution in [0.4, 0.5) is 0 Å². The first kappa shape index (κ1) is 12.2. The molecule has 1 fully saturated rings. The number of benzene rings is 1. The van der Waals surface area contributed by atoms with Gasteiger partial charge in [-0.05, 0) is 31.2 Å². The summed E-state index contributed by atoms with van der Waals surface area (Å²) < 4.78 is 0. The maximum absolute atomic E-state index is 10.8. The second kappa shape index (κ2) is 4.94. The van der Waals surface area contributed by atoms with Gasteiger partial charge in [0.2, 0.25) is 0 Å². The molecule has 0 aliphatic carbocycles. The van der Waals surface area contributed by atoms with Crippen LogP contribution in [0.3, 0.4) is 0 Å². The molecule has 1 aromatic rings. The van der Waals surface area contributed by atoms with Crippen LogP contribution in [0.15, 0.2) is 18.2 Å². The van der Waals surface area contributed by atoms with Crippen molar-refractivity contribution < 1.29 is 15.0 Å². The number of phenols is 1. The van der Waals surface area contributed by atoms with Crippen molar-refractivity contribution in [2.24, 2.45) is 5.92 Å². The standard InChI is InChI=1S/C12H14ClNO3/c13-10-1-2-11(15)9(5-10)7-14-4-3-8(6-14)12(16)17/h1-2,5,8,15H,3-4,6-7H2,(H,16,17)/t8-/m0/s1. The molecule has 0 unspecified atom stereocenters. The van der Waals surface area contributed by atoms with Crippen LogP contribution >= 0.6 is 11.6 Å². The summed E-state index contributed by atoms with van der Waals surface area (Å²) in [6.45, 7) is 1.81. The summed E-state index contributed by atoms with van der Waals surface area (Å²) in [7, 11) is 0. The Labute approximate surface area is 104 Å². The zero-order valence-electron chi connectivity index (χ0n) is 9.27. The molecule has 1 aliphatic heterocycles. The molecule has 2 N–H and O–H groups in total. The van der Waals surface area contributed by atoms with Gasteiger partial charge in [0, 0.05) is 23.7 Å². The topological polar surface area (TPSA) is 60.8 Å². The van der Waals surface area contributed by atoms with E-state index in [9.17, 15) is 9.90 Å². The molecule has 1 aliphatic rings. The Balaban J connectivity index is 2.02. The van der Waals surface area contributed by atoms with E-state index in [0.29, 0.717) is 24.5 Å². The van der Waals surface area contributed by atoms with Crippen molar-refractivity contribution in [2.45, 2.75) is 13.0 Å². The third-order valence-electron chi connectivity index (χ3n) is 3.06. The Morgan fingerprint density at radius 2 is 2.29 bits per heavy atom. The largest absolute Gasteiger partial charge is 0.508 e. The first-order valence-electron chi connectivity index (χ1n) is 5.49. The van der Waals surface area contributed by atoms with Gasteiger partial charge in [0.15, 0.2) is 0 Å². The maximum atomic E-state index is 10.8. The number of likely N-dealkylation sites (tertiary alicyclic amines) is 1. The number of phenolic OH excluding ortho intramolecular Hbond substituents is 1. The summed E-state index contributed by atoms with van der Waals surface area (Å²) in [5.74, 6) is -0.840. The fraction of sp³-hybridized carbons (Fsp3) is 0.417. The van der Waals surface area contributed by atoms with Crippen molar-refractivity contribution in [1.29, 1.82) is 0 Å². The van der Waals surface area contributed by atoms with Crippen molar-refractivity contribution in [3.05, 3.63) is 28.8 Å². The lowest BCUT2D eigenvalue weighted by atomic mass is 10.1. The molecule has 1 atom stereocenters. The Morgan fingerprint density at radius 3 is 2.94 bits per heavy atom. The molecule has 0 bridgehead atoms. The normalized spacial score (nSPS) is 20.6. The predicted molar refractivity (Wildman–Crippen MR) is 64.1 cm³/mol. The Morgan fingerprint density at radius 1 is 1.53 bits per heavy atom. The summed E-state index contributed by atoms with van der Waals surface area (Å²) in [4.78, 5) is 12.8. The van der Waals surface area contributed by atoms with Gasteiger partial charge in [0.1, 0.15) is 5.75 Å². The molecule has 0 spiro atoms. The quantitative estimate of drug-likeness (QED) is 0.867. The second-order valence-electron chi connectivity index (χ2n) is 4.33. The minimum Gasteiger partial charge on any atom is -0.508 e. The van der Waals surface area contributed by atoms with Gasteiger partial charge in [0.05, 0.1) is 5.92 Å². The molecule has 2 rings (SSSR count). The number of hydrogen-bond acceptors (Lipinski definition) is 3. The van der Waals surface area contributed by atoms with Crippen LogP contribution in [-0.2, 0) is 11.3 Å². The summed E-state index contributed by atoms with van der Waals surface area (Å²) in [6, 6.07) is 4.90. The molecular weight excluding hydrogens is 242 g/mol. The van der Waals surface area contributed by atoms with E-state index in [2.05, 4.69) is 0 Å². The maximum Gasteiger partial charge on any atom is 0.307 e. The third kappa shape index (κ3) is 2.90. The van der Waals surface area contributed by atoms with E-state index < -0.39 is 5.97 Å². The first-order valence-corrected chi connectivity index (χ1v) is 5.86. The Bertz CT molecular complexity index is 436. The van der Waals surface area contributed by atoms with E-state index in [-0.39, 0.29) is 11.7 Å². The fourth-order valence-corrected chi connectivity index (χ4v) is 2.29. The van der Waals surface area contributed by atoms with Gasteiger partial charge in [-0.3, -0.25) is 9.69 Å². The molecule has 92 valence electrons. The van der Waals surface area contributed by atoms with Crippen molar-refractivity contribution >= 4 is 17.6 Å².